The van der Waals surface area contributed by atoms with Crippen molar-refractivity contribution >= 4 is 41.0 Å². The number of amides is 4. The van der Waals surface area contributed by atoms with E-state index in [9.17, 15) is 19.2 Å². The largest absolute Gasteiger partial charge is 0.488 e. The highest BCUT2D eigenvalue weighted by Gasteiger charge is 2.25. The van der Waals surface area contributed by atoms with E-state index in [0.717, 1.165) is 0 Å². The molecular weight excluding hydrogens is 480 g/mol. The Morgan fingerprint density at radius 1 is 1.11 bits per heavy atom. The van der Waals surface area contributed by atoms with Gasteiger partial charge in [-0.15, -0.1) is 0 Å². The molecule has 2 aromatic rings. The molecule has 0 saturated heterocycles. The summed E-state index contributed by atoms with van der Waals surface area (Å²) < 4.78 is 5.93. The molecule has 1 atom stereocenters. The number of carbonyl (C=O) groups is 4. The summed E-state index contributed by atoms with van der Waals surface area (Å²) in [4.78, 5) is 50.4. The zero-order chi connectivity index (χ0) is 26.9. The van der Waals surface area contributed by atoms with Gasteiger partial charge in [-0.25, -0.2) is 0 Å². The fraction of sp³-hybridized carbons (Fsp3) is 0.292. The molecule has 0 saturated carbocycles. The van der Waals surface area contributed by atoms with Crippen LogP contribution in [-0.2, 0) is 16.2 Å². The van der Waals surface area contributed by atoms with Gasteiger partial charge in [0.1, 0.15) is 18.4 Å². The SMILES string of the molecule is N=C(N)Nc1ccc2c(c1)C(=O)NC(CCCCN)C(=O)NCC(=O)Nc1cc(C(N)=O)ccc1CO2. The normalized spacial score (nSPS) is 16.0. The minimum atomic E-state index is -0.944. The quantitative estimate of drug-likeness (QED) is 0.149. The molecule has 1 aliphatic heterocycles. The number of nitrogens with one attached hydrogen (secondary N) is 5. The fourth-order valence-electron chi connectivity index (χ4n) is 3.68. The number of unbranched alkanes of at least 4 members (excludes halogenated alkanes) is 1. The lowest BCUT2D eigenvalue weighted by atomic mass is 10.1. The van der Waals surface area contributed by atoms with E-state index < -0.39 is 29.7 Å². The predicted molar refractivity (Wildman–Crippen MR) is 137 cm³/mol. The van der Waals surface area contributed by atoms with E-state index in [1.54, 1.807) is 12.1 Å². The van der Waals surface area contributed by atoms with Crippen LogP contribution in [0.3, 0.4) is 0 Å². The second kappa shape index (κ2) is 12.4. The molecule has 0 fully saturated rings. The van der Waals surface area contributed by atoms with Crippen molar-refractivity contribution in [2.75, 3.05) is 23.7 Å². The molecule has 37 heavy (non-hydrogen) atoms. The number of anilines is 2. The summed E-state index contributed by atoms with van der Waals surface area (Å²) in [5, 5.41) is 18.0. The van der Waals surface area contributed by atoms with Gasteiger partial charge in [-0.2, -0.15) is 0 Å². The van der Waals surface area contributed by atoms with Crippen molar-refractivity contribution in [3.05, 3.63) is 53.1 Å². The first-order valence-electron chi connectivity index (χ1n) is 11.6. The van der Waals surface area contributed by atoms with Gasteiger partial charge < -0.3 is 43.2 Å². The number of rotatable bonds is 6. The first kappa shape index (κ1) is 26.9. The summed E-state index contributed by atoms with van der Waals surface area (Å²) >= 11 is 0. The number of fused-ring (bicyclic) bond motifs is 2. The number of guanidine groups is 1. The number of hydrogen-bond donors (Lipinski definition) is 8. The second-order valence-electron chi connectivity index (χ2n) is 8.35. The van der Waals surface area contributed by atoms with E-state index in [-0.39, 0.29) is 41.7 Å². The molecule has 1 unspecified atom stereocenters. The maximum absolute atomic E-state index is 13.3. The van der Waals surface area contributed by atoms with E-state index in [4.69, 9.17) is 27.3 Å². The summed E-state index contributed by atoms with van der Waals surface area (Å²) in [5.41, 5.74) is 17.8. The van der Waals surface area contributed by atoms with Gasteiger partial charge in [-0.3, -0.25) is 24.6 Å². The van der Waals surface area contributed by atoms with Gasteiger partial charge in [0.2, 0.25) is 17.7 Å². The molecule has 13 heteroatoms. The number of primary amides is 1. The molecule has 0 radical (unpaired) electrons. The fourth-order valence-corrected chi connectivity index (χ4v) is 3.68. The van der Waals surface area contributed by atoms with Crippen LogP contribution in [0, 0.1) is 5.41 Å². The minimum Gasteiger partial charge on any atom is -0.488 e. The van der Waals surface area contributed by atoms with Gasteiger partial charge in [-0.1, -0.05) is 6.07 Å². The lowest BCUT2D eigenvalue weighted by Gasteiger charge is -2.21. The molecule has 0 bridgehead atoms. The molecule has 1 heterocycles. The lowest BCUT2D eigenvalue weighted by Crippen LogP contribution is -2.48. The maximum Gasteiger partial charge on any atom is 0.255 e. The Hall–Kier alpha value is -4.65. The molecule has 4 amide bonds. The molecule has 0 spiro atoms. The zero-order valence-electron chi connectivity index (χ0n) is 20.1. The van der Waals surface area contributed by atoms with Crippen molar-refractivity contribution < 1.29 is 23.9 Å². The second-order valence-corrected chi connectivity index (χ2v) is 8.35. The number of hydrogen-bond acceptors (Lipinski definition) is 7. The Kier molecular flexibility index (Phi) is 9.00. The maximum atomic E-state index is 13.3. The predicted octanol–water partition coefficient (Wildman–Crippen LogP) is -0.0344. The highest BCUT2D eigenvalue weighted by molar-refractivity contribution is 6.02. The van der Waals surface area contributed by atoms with Crippen molar-refractivity contribution in [1.82, 2.24) is 10.6 Å². The summed E-state index contributed by atoms with van der Waals surface area (Å²) in [5.74, 6) is -2.51. The number of benzene rings is 2. The average molecular weight is 511 g/mol. The standard InChI is InChI=1S/C24H30N8O5/c25-8-2-1-3-17-23(36)29-11-20(33)31-18-9-13(21(26)34)4-5-14(18)12-37-19-7-6-15(30-24(27)28)10-16(19)22(35)32-17/h4-7,9-10,17H,1-3,8,11-12,25H2,(H2,26,34)(H,29,36)(H,31,33)(H,32,35)(H4,27,28,30). The van der Waals surface area contributed by atoms with Crippen LogP contribution in [-0.4, -0.2) is 48.7 Å². The summed E-state index contributed by atoms with van der Waals surface area (Å²) in [6.45, 7) is -0.0126. The van der Waals surface area contributed by atoms with E-state index in [2.05, 4.69) is 21.3 Å². The molecular formula is C24H30N8O5. The summed E-state index contributed by atoms with van der Waals surface area (Å²) in [6.07, 6.45) is 1.51. The molecule has 2 aromatic carbocycles. The minimum absolute atomic E-state index is 0.0687. The smallest absolute Gasteiger partial charge is 0.255 e. The van der Waals surface area contributed by atoms with Gasteiger partial charge in [0.05, 0.1) is 12.1 Å². The van der Waals surface area contributed by atoms with E-state index in [1.807, 2.05) is 0 Å². The van der Waals surface area contributed by atoms with Gasteiger partial charge in [0.25, 0.3) is 5.91 Å². The molecule has 0 aromatic heterocycles. The van der Waals surface area contributed by atoms with E-state index >= 15 is 0 Å². The number of carbonyl (C=O) groups excluding carboxylic acids is 4. The Bertz CT molecular complexity index is 1220. The Balaban J connectivity index is 2.02. The third-order valence-electron chi connectivity index (χ3n) is 5.55. The zero-order valence-corrected chi connectivity index (χ0v) is 20.1. The molecule has 0 aliphatic carbocycles. The third-order valence-corrected chi connectivity index (χ3v) is 5.55. The Morgan fingerprint density at radius 2 is 1.89 bits per heavy atom. The topological polar surface area (TPSA) is 228 Å². The van der Waals surface area contributed by atoms with Crippen molar-refractivity contribution in [1.29, 1.82) is 5.41 Å². The van der Waals surface area contributed by atoms with Crippen LogP contribution in [0.15, 0.2) is 36.4 Å². The summed E-state index contributed by atoms with van der Waals surface area (Å²) in [6, 6.07) is 8.06. The van der Waals surface area contributed by atoms with Gasteiger partial charge in [0, 0.05) is 22.5 Å². The van der Waals surface area contributed by atoms with Crippen molar-refractivity contribution in [3.8, 4) is 5.75 Å². The third kappa shape index (κ3) is 7.41. The highest BCUT2D eigenvalue weighted by atomic mass is 16.5. The van der Waals surface area contributed by atoms with Gasteiger partial charge >= 0.3 is 0 Å². The van der Waals surface area contributed by atoms with E-state index in [1.165, 1.54) is 24.3 Å². The van der Waals surface area contributed by atoms with Crippen LogP contribution in [0.4, 0.5) is 11.4 Å². The highest BCUT2D eigenvalue weighted by Crippen LogP contribution is 2.26. The van der Waals surface area contributed by atoms with Crippen LogP contribution in [0.25, 0.3) is 0 Å². The Labute approximate surface area is 213 Å². The Morgan fingerprint density at radius 3 is 2.59 bits per heavy atom. The molecule has 13 nitrogen and oxygen atoms in total. The van der Waals surface area contributed by atoms with E-state index in [0.29, 0.717) is 37.1 Å². The average Bonchev–Trinajstić information content (AvgIpc) is 2.85. The van der Waals surface area contributed by atoms with Gasteiger partial charge in [0.15, 0.2) is 5.96 Å². The van der Waals surface area contributed by atoms with Crippen LogP contribution in [0.5, 0.6) is 5.75 Å². The molecule has 11 N–H and O–H groups in total. The first-order valence-corrected chi connectivity index (χ1v) is 11.6. The number of ether oxygens (including phenoxy) is 1. The molecule has 3 rings (SSSR count). The van der Waals surface area contributed by atoms with Crippen molar-refractivity contribution in [2.24, 2.45) is 17.2 Å². The lowest BCUT2D eigenvalue weighted by molar-refractivity contribution is -0.125. The number of nitrogens with two attached hydrogens (primary N) is 3. The first-order chi connectivity index (χ1) is 17.7. The van der Waals surface area contributed by atoms with Crippen molar-refractivity contribution in [3.63, 3.8) is 0 Å². The van der Waals surface area contributed by atoms with Crippen LogP contribution in [0.1, 0.15) is 45.5 Å². The molecule has 196 valence electrons. The monoisotopic (exact) mass is 510 g/mol. The van der Waals surface area contributed by atoms with Crippen molar-refractivity contribution in [2.45, 2.75) is 31.9 Å². The van der Waals surface area contributed by atoms with Crippen LogP contribution >= 0.6 is 0 Å². The van der Waals surface area contributed by atoms with Crippen LogP contribution < -0.4 is 43.2 Å². The van der Waals surface area contributed by atoms with Crippen LogP contribution in [0.2, 0.25) is 0 Å². The van der Waals surface area contributed by atoms with Gasteiger partial charge in [-0.05, 0) is 56.1 Å². The summed E-state index contributed by atoms with van der Waals surface area (Å²) in [7, 11) is 0. The molecule has 1 aliphatic rings.